The Morgan fingerprint density at radius 1 is 0.889 bits per heavy atom. The molecule has 1 aliphatic heterocycles. The number of benzene rings is 3. The summed E-state index contributed by atoms with van der Waals surface area (Å²) >= 11 is 0. The number of rotatable bonds is 15. The van der Waals surface area contributed by atoms with Crippen molar-refractivity contribution in [1.29, 1.82) is 0 Å². The number of amides is 1. The smallest absolute Gasteiger partial charge is 0.433 e. The Morgan fingerprint density at radius 3 is 2.47 bits per heavy atom. The van der Waals surface area contributed by atoms with Gasteiger partial charge in [-0.05, 0) is 75.9 Å². The SMILES string of the molecule is O=C(OCCSSc1ccccn1)OCCN(Cc1ccc(C(=O)NOC2CCCCO2)cc1)Cc1ccc2ccccc2c1. The summed E-state index contributed by atoms with van der Waals surface area (Å²) in [5, 5.41) is 3.27. The first kappa shape index (κ1) is 32.8. The fourth-order valence-corrected chi connectivity index (χ4v) is 6.47. The molecule has 1 unspecified atom stereocenters. The first-order chi connectivity index (χ1) is 22.1. The molecular weight excluding hydrogens is 611 g/mol. The van der Waals surface area contributed by atoms with Crippen molar-refractivity contribution in [2.75, 3.05) is 32.1 Å². The van der Waals surface area contributed by atoms with Crippen LogP contribution in [0.3, 0.4) is 0 Å². The van der Waals surface area contributed by atoms with E-state index in [1.807, 2.05) is 42.5 Å². The molecule has 45 heavy (non-hydrogen) atoms. The fraction of sp³-hybridized carbons (Fsp3) is 0.324. The van der Waals surface area contributed by atoms with Crippen LogP contribution in [0.15, 0.2) is 96.2 Å². The summed E-state index contributed by atoms with van der Waals surface area (Å²) in [5.74, 6) is 0.309. The van der Waals surface area contributed by atoms with Crippen molar-refractivity contribution in [2.24, 2.45) is 0 Å². The maximum Gasteiger partial charge on any atom is 0.508 e. The largest absolute Gasteiger partial charge is 0.508 e. The Kier molecular flexibility index (Phi) is 12.9. The number of nitrogens with zero attached hydrogens (tertiary/aromatic N) is 2. The molecule has 0 radical (unpaired) electrons. The Bertz CT molecular complexity index is 1500. The van der Waals surface area contributed by atoms with Crippen LogP contribution in [0.1, 0.15) is 40.7 Å². The Morgan fingerprint density at radius 2 is 1.67 bits per heavy atom. The predicted octanol–water partition coefficient (Wildman–Crippen LogP) is 7.02. The molecule has 1 amide bonds. The van der Waals surface area contributed by atoms with Crippen LogP contribution in [-0.4, -0.2) is 60.4 Å². The van der Waals surface area contributed by atoms with E-state index in [-0.39, 0.29) is 19.1 Å². The van der Waals surface area contributed by atoms with E-state index < -0.39 is 12.4 Å². The second-order valence-electron chi connectivity index (χ2n) is 10.5. The molecule has 1 aliphatic rings. The zero-order valence-corrected chi connectivity index (χ0v) is 26.6. The van der Waals surface area contributed by atoms with Gasteiger partial charge in [-0.3, -0.25) is 9.69 Å². The number of nitrogens with one attached hydrogen (secondary N) is 1. The van der Waals surface area contributed by atoms with Crippen LogP contribution >= 0.6 is 21.6 Å². The predicted molar refractivity (Wildman–Crippen MR) is 176 cm³/mol. The van der Waals surface area contributed by atoms with Crippen LogP contribution in [0.4, 0.5) is 4.79 Å². The first-order valence-corrected chi connectivity index (χ1v) is 17.3. The quantitative estimate of drug-likeness (QED) is 0.0627. The van der Waals surface area contributed by atoms with Gasteiger partial charge in [0.15, 0.2) is 6.29 Å². The van der Waals surface area contributed by atoms with Crippen molar-refractivity contribution in [3.8, 4) is 0 Å². The maximum atomic E-state index is 12.6. The molecule has 2 heterocycles. The van der Waals surface area contributed by atoms with Crippen LogP contribution in [0.25, 0.3) is 10.8 Å². The molecule has 11 heteroatoms. The minimum Gasteiger partial charge on any atom is -0.433 e. The Labute approximate surface area is 271 Å². The molecular formula is C34H37N3O6S2. The van der Waals surface area contributed by atoms with Gasteiger partial charge in [-0.25, -0.2) is 20.1 Å². The molecule has 1 N–H and O–H groups in total. The van der Waals surface area contributed by atoms with Gasteiger partial charge < -0.3 is 14.2 Å². The highest BCUT2D eigenvalue weighted by Crippen LogP contribution is 2.28. The summed E-state index contributed by atoms with van der Waals surface area (Å²) in [6, 6.07) is 27.8. The van der Waals surface area contributed by atoms with Gasteiger partial charge in [0, 0.05) is 50.2 Å². The highest BCUT2D eigenvalue weighted by atomic mass is 33.1. The number of pyridine rings is 1. The van der Waals surface area contributed by atoms with Crippen LogP contribution in [0.5, 0.6) is 0 Å². The van der Waals surface area contributed by atoms with Crippen molar-refractivity contribution < 1.29 is 28.6 Å². The lowest BCUT2D eigenvalue weighted by Gasteiger charge is -2.23. The molecule has 0 aliphatic carbocycles. The second-order valence-corrected chi connectivity index (χ2v) is 12.9. The van der Waals surface area contributed by atoms with E-state index in [2.05, 4.69) is 45.7 Å². The highest BCUT2D eigenvalue weighted by Gasteiger charge is 2.17. The van der Waals surface area contributed by atoms with Crippen molar-refractivity contribution in [2.45, 2.75) is 43.7 Å². The average Bonchev–Trinajstić information content (AvgIpc) is 3.08. The van der Waals surface area contributed by atoms with Crippen LogP contribution in [0.2, 0.25) is 0 Å². The number of aromatic nitrogens is 1. The lowest BCUT2D eigenvalue weighted by Crippen LogP contribution is -2.33. The molecule has 0 spiro atoms. The van der Waals surface area contributed by atoms with Crippen LogP contribution in [-0.2, 0) is 32.1 Å². The Hall–Kier alpha value is -3.61. The van der Waals surface area contributed by atoms with Gasteiger partial charge in [-0.15, -0.1) is 0 Å². The first-order valence-electron chi connectivity index (χ1n) is 15.0. The number of ether oxygens (including phenoxy) is 3. The molecule has 1 aromatic heterocycles. The van der Waals surface area contributed by atoms with Crippen molar-refractivity contribution in [3.63, 3.8) is 0 Å². The molecule has 0 bridgehead atoms. The lowest BCUT2D eigenvalue weighted by molar-refractivity contribution is -0.186. The van der Waals surface area contributed by atoms with Crippen molar-refractivity contribution in [3.05, 3.63) is 108 Å². The molecule has 236 valence electrons. The van der Waals surface area contributed by atoms with Crippen molar-refractivity contribution >= 4 is 44.4 Å². The third kappa shape index (κ3) is 11.1. The monoisotopic (exact) mass is 647 g/mol. The molecule has 0 saturated carbocycles. The maximum absolute atomic E-state index is 12.6. The summed E-state index contributed by atoms with van der Waals surface area (Å²) in [6.45, 7) is 2.83. The summed E-state index contributed by atoms with van der Waals surface area (Å²) in [5.41, 5.74) is 5.17. The number of carbonyl (C=O) groups excluding carboxylic acids is 2. The van der Waals surface area contributed by atoms with Gasteiger partial charge in [0.25, 0.3) is 5.91 Å². The van der Waals surface area contributed by atoms with Gasteiger partial charge >= 0.3 is 6.16 Å². The van der Waals surface area contributed by atoms with Crippen LogP contribution in [0, 0.1) is 0 Å². The molecule has 1 fully saturated rings. The van der Waals surface area contributed by atoms with Crippen molar-refractivity contribution in [1.82, 2.24) is 15.4 Å². The van der Waals surface area contributed by atoms with Gasteiger partial charge in [-0.1, -0.05) is 65.4 Å². The molecule has 1 saturated heterocycles. The molecule has 9 nitrogen and oxygen atoms in total. The molecule has 3 aromatic carbocycles. The van der Waals surface area contributed by atoms with E-state index in [9.17, 15) is 9.59 Å². The van der Waals surface area contributed by atoms with E-state index in [4.69, 9.17) is 19.0 Å². The lowest BCUT2D eigenvalue weighted by atomic mass is 10.1. The van der Waals surface area contributed by atoms with E-state index in [1.54, 1.807) is 39.9 Å². The minimum absolute atomic E-state index is 0.184. The number of fused-ring (bicyclic) bond motifs is 1. The standard InChI is InChI=1S/C34H37N3O6S2/c38-33(36-43-32-10-4-6-19-40-32)29-15-11-26(12-16-29)24-37(25-27-13-14-28-7-1-2-8-30(28)23-27)18-20-41-34(39)42-21-22-44-45-31-9-3-5-17-35-31/h1-3,5,7-9,11-17,23,32H,4,6,10,18-22,24-25H2,(H,36,38). The number of hydrogen-bond donors (Lipinski definition) is 1. The number of hydroxylamine groups is 1. The van der Waals surface area contributed by atoms with Gasteiger partial charge in [0.1, 0.15) is 18.2 Å². The zero-order valence-electron chi connectivity index (χ0n) is 25.0. The topological polar surface area (TPSA) is 99.2 Å². The van der Waals surface area contributed by atoms with E-state index in [0.717, 1.165) is 35.4 Å². The third-order valence-electron chi connectivity index (χ3n) is 7.06. The normalized spacial score (nSPS) is 14.7. The fourth-order valence-electron chi connectivity index (χ4n) is 4.77. The van der Waals surface area contributed by atoms with Crippen LogP contribution < -0.4 is 5.48 Å². The summed E-state index contributed by atoms with van der Waals surface area (Å²) in [6.07, 6.45) is 3.45. The average molecular weight is 648 g/mol. The van der Waals surface area contributed by atoms with Gasteiger partial charge in [0.2, 0.25) is 0 Å². The third-order valence-corrected chi connectivity index (χ3v) is 9.29. The summed E-state index contributed by atoms with van der Waals surface area (Å²) in [7, 11) is 3.11. The zero-order chi connectivity index (χ0) is 31.1. The minimum atomic E-state index is -0.680. The molecule has 5 rings (SSSR count). The van der Waals surface area contributed by atoms with E-state index in [1.165, 1.54) is 10.8 Å². The number of carbonyl (C=O) groups is 2. The van der Waals surface area contributed by atoms with Gasteiger partial charge in [0.05, 0.1) is 0 Å². The second kappa shape index (κ2) is 17.8. The summed E-state index contributed by atoms with van der Waals surface area (Å²) < 4.78 is 16.2. The summed E-state index contributed by atoms with van der Waals surface area (Å²) in [4.78, 5) is 36.7. The van der Waals surface area contributed by atoms with Gasteiger partial charge in [-0.2, -0.15) is 0 Å². The Balaban J connectivity index is 1.11. The van der Waals surface area contributed by atoms with E-state index in [0.29, 0.717) is 37.6 Å². The highest BCUT2D eigenvalue weighted by molar-refractivity contribution is 8.76. The van der Waals surface area contributed by atoms with E-state index >= 15 is 0 Å². The number of hydrogen-bond acceptors (Lipinski definition) is 10. The molecule has 4 aromatic rings. The molecule has 1 atom stereocenters.